The Morgan fingerprint density at radius 2 is 1.78 bits per heavy atom. The molecule has 0 saturated heterocycles. The Morgan fingerprint density at radius 1 is 1.03 bits per heavy atom. The minimum absolute atomic E-state index is 0.196. The van der Waals surface area contributed by atoms with Crippen molar-refractivity contribution in [2.45, 2.75) is 13.1 Å². The first-order chi connectivity index (χ1) is 17.6. The standard InChI is InChI=1S/C27H23N5O4/c1-34-20-9-5-2-6-17(20)13-29-27(33)23-24-26(31-19-8-4-3-7-18(19)30-24)32(25(23)28)14-16-10-11-21-22(12-16)36-15-35-21/h2-12H,13-15,28H2,1H3,(H,29,33). The minimum Gasteiger partial charge on any atom is -0.496 e. The molecule has 1 aliphatic heterocycles. The summed E-state index contributed by atoms with van der Waals surface area (Å²) in [6.45, 7) is 0.852. The van der Waals surface area contributed by atoms with E-state index in [1.165, 1.54) is 0 Å². The van der Waals surface area contributed by atoms with Crippen LogP contribution in [0.5, 0.6) is 17.2 Å². The molecular formula is C27H23N5O4. The van der Waals surface area contributed by atoms with Crippen LogP contribution in [0.3, 0.4) is 0 Å². The molecule has 0 saturated carbocycles. The number of hydrogen-bond acceptors (Lipinski definition) is 7. The van der Waals surface area contributed by atoms with E-state index in [0.29, 0.717) is 46.0 Å². The Kier molecular flexibility index (Phi) is 5.29. The molecule has 6 rings (SSSR count). The summed E-state index contributed by atoms with van der Waals surface area (Å²) < 4.78 is 18.2. The molecule has 1 amide bonds. The Balaban J connectivity index is 1.42. The summed E-state index contributed by atoms with van der Waals surface area (Å²) in [5, 5.41) is 2.97. The smallest absolute Gasteiger partial charge is 0.257 e. The van der Waals surface area contributed by atoms with Gasteiger partial charge in [0.05, 0.1) is 24.7 Å². The van der Waals surface area contributed by atoms with Crippen molar-refractivity contribution in [2.24, 2.45) is 0 Å². The number of carbonyl (C=O) groups excluding carboxylic acids is 1. The van der Waals surface area contributed by atoms with E-state index in [-0.39, 0.29) is 25.1 Å². The highest BCUT2D eigenvalue weighted by Crippen LogP contribution is 2.34. The number of nitrogen functional groups attached to an aromatic ring is 1. The van der Waals surface area contributed by atoms with Crippen LogP contribution in [0.2, 0.25) is 0 Å². The Hall–Kier alpha value is -4.79. The largest absolute Gasteiger partial charge is 0.496 e. The van der Waals surface area contributed by atoms with Crippen molar-refractivity contribution in [1.82, 2.24) is 19.9 Å². The molecule has 9 nitrogen and oxygen atoms in total. The van der Waals surface area contributed by atoms with Gasteiger partial charge >= 0.3 is 0 Å². The quantitative estimate of drug-likeness (QED) is 0.378. The molecule has 3 N–H and O–H groups in total. The van der Waals surface area contributed by atoms with Gasteiger partial charge in [0, 0.05) is 12.1 Å². The average Bonchev–Trinajstić information content (AvgIpc) is 3.48. The lowest BCUT2D eigenvalue weighted by atomic mass is 10.2. The molecule has 0 unspecified atom stereocenters. The fourth-order valence-electron chi connectivity index (χ4n) is 4.44. The number of amides is 1. The minimum atomic E-state index is -0.336. The summed E-state index contributed by atoms with van der Waals surface area (Å²) in [5.74, 6) is 2.02. The maximum absolute atomic E-state index is 13.5. The van der Waals surface area contributed by atoms with Crippen LogP contribution in [0.25, 0.3) is 22.2 Å². The molecule has 180 valence electrons. The zero-order valence-electron chi connectivity index (χ0n) is 19.5. The SMILES string of the molecule is COc1ccccc1CNC(=O)c1c(N)n(Cc2ccc3c(c2)OCO3)c2nc3ccccc3nc12. The third kappa shape index (κ3) is 3.70. The predicted octanol–water partition coefficient (Wildman–Crippen LogP) is 3.88. The first kappa shape index (κ1) is 21.7. The monoisotopic (exact) mass is 481 g/mol. The van der Waals surface area contributed by atoms with E-state index in [0.717, 1.165) is 16.6 Å². The van der Waals surface area contributed by atoms with Crippen LogP contribution in [0.1, 0.15) is 21.5 Å². The summed E-state index contributed by atoms with van der Waals surface area (Å²) in [5.41, 5.74) is 11.1. The third-order valence-corrected chi connectivity index (χ3v) is 6.23. The van der Waals surface area contributed by atoms with E-state index in [9.17, 15) is 4.79 Å². The number of nitrogens with zero attached hydrogens (tertiary/aromatic N) is 3. The molecule has 9 heteroatoms. The number of para-hydroxylation sites is 3. The van der Waals surface area contributed by atoms with Gasteiger partial charge in [-0.05, 0) is 35.9 Å². The highest BCUT2D eigenvalue weighted by atomic mass is 16.7. The molecule has 3 heterocycles. The van der Waals surface area contributed by atoms with Gasteiger partial charge in [0.15, 0.2) is 17.1 Å². The number of anilines is 1. The number of carbonyl (C=O) groups is 1. The summed E-state index contributed by atoms with van der Waals surface area (Å²) in [4.78, 5) is 23.1. The van der Waals surface area contributed by atoms with Gasteiger partial charge in [-0.2, -0.15) is 0 Å². The second-order valence-electron chi connectivity index (χ2n) is 8.41. The third-order valence-electron chi connectivity index (χ3n) is 6.23. The van der Waals surface area contributed by atoms with Gasteiger partial charge in [0.2, 0.25) is 6.79 Å². The van der Waals surface area contributed by atoms with Gasteiger partial charge in [-0.3, -0.25) is 4.79 Å². The van der Waals surface area contributed by atoms with Crippen LogP contribution in [-0.4, -0.2) is 34.3 Å². The predicted molar refractivity (Wildman–Crippen MR) is 135 cm³/mol. The van der Waals surface area contributed by atoms with Crippen LogP contribution in [0.15, 0.2) is 66.7 Å². The van der Waals surface area contributed by atoms with Crippen LogP contribution in [-0.2, 0) is 13.1 Å². The number of nitrogens with one attached hydrogen (secondary N) is 1. The molecule has 1 aliphatic rings. The lowest BCUT2D eigenvalue weighted by Crippen LogP contribution is -2.24. The number of rotatable bonds is 6. The van der Waals surface area contributed by atoms with Gasteiger partial charge in [-0.1, -0.05) is 36.4 Å². The normalized spacial score (nSPS) is 12.2. The Bertz CT molecular complexity index is 1630. The molecule has 0 aliphatic carbocycles. The topological polar surface area (TPSA) is 114 Å². The van der Waals surface area contributed by atoms with Gasteiger partial charge in [0.25, 0.3) is 5.91 Å². The van der Waals surface area contributed by atoms with Gasteiger partial charge in [-0.15, -0.1) is 0 Å². The Morgan fingerprint density at radius 3 is 2.61 bits per heavy atom. The van der Waals surface area contributed by atoms with Crippen molar-refractivity contribution in [3.8, 4) is 17.2 Å². The number of hydrogen-bond donors (Lipinski definition) is 2. The van der Waals surface area contributed by atoms with Gasteiger partial charge in [-0.25, -0.2) is 9.97 Å². The molecule has 0 bridgehead atoms. The number of benzene rings is 3. The van der Waals surface area contributed by atoms with Crippen molar-refractivity contribution in [3.63, 3.8) is 0 Å². The lowest BCUT2D eigenvalue weighted by molar-refractivity contribution is 0.0953. The maximum Gasteiger partial charge on any atom is 0.257 e. The maximum atomic E-state index is 13.5. The number of fused-ring (bicyclic) bond motifs is 3. The molecule has 0 fully saturated rings. The first-order valence-corrected chi connectivity index (χ1v) is 11.5. The molecule has 0 radical (unpaired) electrons. The first-order valence-electron chi connectivity index (χ1n) is 11.5. The second kappa shape index (κ2) is 8.77. The fraction of sp³-hybridized carbons (Fsp3) is 0.148. The number of methoxy groups -OCH3 is 1. The van der Waals surface area contributed by atoms with E-state index in [1.807, 2.05) is 71.3 Å². The summed E-state index contributed by atoms with van der Waals surface area (Å²) >= 11 is 0. The fourth-order valence-corrected chi connectivity index (χ4v) is 4.44. The van der Waals surface area contributed by atoms with E-state index in [2.05, 4.69) is 5.32 Å². The number of nitrogens with two attached hydrogens (primary N) is 1. The molecule has 0 spiro atoms. The van der Waals surface area contributed by atoms with Crippen molar-refractivity contribution >= 4 is 33.9 Å². The van der Waals surface area contributed by atoms with Crippen LogP contribution < -0.4 is 25.3 Å². The molecule has 2 aromatic heterocycles. The molecule has 0 atom stereocenters. The van der Waals surface area contributed by atoms with Crippen LogP contribution in [0, 0.1) is 0 Å². The summed E-state index contributed by atoms with van der Waals surface area (Å²) in [6, 6.07) is 20.8. The zero-order chi connectivity index (χ0) is 24.6. The second-order valence-corrected chi connectivity index (χ2v) is 8.41. The summed E-state index contributed by atoms with van der Waals surface area (Å²) in [6.07, 6.45) is 0. The molecule has 5 aromatic rings. The zero-order valence-corrected chi connectivity index (χ0v) is 19.5. The number of aromatic nitrogens is 3. The molecule has 36 heavy (non-hydrogen) atoms. The van der Waals surface area contributed by atoms with Crippen molar-refractivity contribution < 1.29 is 19.0 Å². The van der Waals surface area contributed by atoms with E-state index in [1.54, 1.807) is 7.11 Å². The summed E-state index contributed by atoms with van der Waals surface area (Å²) in [7, 11) is 1.60. The van der Waals surface area contributed by atoms with Crippen LogP contribution >= 0.6 is 0 Å². The highest BCUT2D eigenvalue weighted by molar-refractivity contribution is 6.10. The van der Waals surface area contributed by atoms with Crippen molar-refractivity contribution in [2.75, 3.05) is 19.6 Å². The van der Waals surface area contributed by atoms with Gasteiger partial charge < -0.3 is 29.8 Å². The highest BCUT2D eigenvalue weighted by Gasteiger charge is 2.25. The van der Waals surface area contributed by atoms with Crippen LogP contribution in [0.4, 0.5) is 5.82 Å². The molecule has 3 aromatic carbocycles. The molecular weight excluding hydrogens is 458 g/mol. The van der Waals surface area contributed by atoms with E-state index < -0.39 is 0 Å². The van der Waals surface area contributed by atoms with E-state index in [4.69, 9.17) is 29.9 Å². The lowest BCUT2D eigenvalue weighted by Gasteiger charge is -2.10. The Labute approximate surface area is 206 Å². The van der Waals surface area contributed by atoms with E-state index >= 15 is 0 Å². The number of ether oxygens (including phenoxy) is 3. The van der Waals surface area contributed by atoms with Crippen molar-refractivity contribution in [1.29, 1.82) is 0 Å². The van der Waals surface area contributed by atoms with Gasteiger partial charge in [0.1, 0.15) is 22.6 Å². The average molecular weight is 482 g/mol. The van der Waals surface area contributed by atoms with Crippen molar-refractivity contribution in [3.05, 3.63) is 83.4 Å².